The Hall–Kier alpha value is -0.180. The quantitative estimate of drug-likeness (QED) is 0.657. The van der Waals surface area contributed by atoms with Crippen LogP contribution in [0.15, 0.2) is 4.99 Å². The first kappa shape index (κ1) is 9.90. The Labute approximate surface area is 79.4 Å². The van der Waals surface area contributed by atoms with Crippen molar-refractivity contribution in [2.45, 2.75) is 39.0 Å². The lowest BCUT2D eigenvalue weighted by molar-refractivity contribution is 0.473. The van der Waals surface area contributed by atoms with Gasteiger partial charge in [0.1, 0.15) is 0 Å². The summed E-state index contributed by atoms with van der Waals surface area (Å²) < 4.78 is 0. The van der Waals surface area contributed by atoms with Crippen molar-refractivity contribution in [3.8, 4) is 0 Å². The van der Waals surface area contributed by atoms with Gasteiger partial charge in [-0.2, -0.15) is 0 Å². The summed E-state index contributed by atoms with van der Waals surface area (Å²) in [6, 6.07) is 0.491. The molecule has 0 amide bonds. The van der Waals surface area contributed by atoms with E-state index in [1.165, 1.54) is 5.17 Å². The molecule has 0 N–H and O–H groups in total. The van der Waals surface area contributed by atoms with Crippen molar-refractivity contribution in [3.05, 3.63) is 0 Å². The van der Waals surface area contributed by atoms with Gasteiger partial charge < -0.3 is 4.90 Å². The molecule has 0 aliphatic carbocycles. The fourth-order valence-corrected chi connectivity index (χ4v) is 2.45. The Morgan fingerprint density at radius 2 is 1.92 bits per heavy atom. The van der Waals surface area contributed by atoms with E-state index in [0.29, 0.717) is 11.3 Å². The molecule has 0 bridgehead atoms. The van der Waals surface area contributed by atoms with Crippen molar-refractivity contribution in [1.29, 1.82) is 0 Å². The van der Waals surface area contributed by atoms with Gasteiger partial charge in [0, 0.05) is 18.3 Å². The van der Waals surface area contributed by atoms with E-state index < -0.39 is 0 Å². The van der Waals surface area contributed by atoms with Gasteiger partial charge in [-0.25, -0.2) is 0 Å². The van der Waals surface area contributed by atoms with Crippen molar-refractivity contribution in [3.63, 3.8) is 0 Å². The first-order chi connectivity index (χ1) is 5.69. The molecule has 2 nitrogen and oxygen atoms in total. The van der Waals surface area contributed by atoms with Gasteiger partial charge in [0.15, 0.2) is 5.17 Å². The molecule has 0 saturated carbocycles. The summed E-state index contributed by atoms with van der Waals surface area (Å²) in [5, 5.41) is 1.89. The number of rotatable bonds is 2. The van der Waals surface area contributed by atoms with Crippen LogP contribution in [0.1, 0.15) is 27.7 Å². The van der Waals surface area contributed by atoms with Gasteiger partial charge in [0.2, 0.25) is 0 Å². The van der Waals surface area contributed by atoms with Crippen LogP contribution in [0.4, 0.5) is 0 Å². The van der Waals surface area contributed by atoms with Crippen molar-refractivity contribution >= 4 is 16.9 Å². The molecule has 0 radical (unpaired) electrons. The zero-order chi connectivity index (χ0) is 9.14. The number of aliphatic imine (C=N–C) groups is 1. The predicted molar refractivity (Wildman–Crippen MR) is 56.9 cm³/mol. The van der Waals surface area contributed by atoms with E-state index in [0.717, 1.165) is 13.1 Å². The second-order valence-corrected chi connectivity index (χ2v) is 4.49. The summed E-state index contributed by atoms with van der Waals surface area (Å²) >= 11 is 1.91. The molecule has 0 saturated heterocycles. The third-order valence-corrected chi connectivity index (χ3v) is 3.66. The van der Waals surface area contributed by atoms with E-state index in [-0.39, 0.29) is 0 Å². The third-order valence-electron chi connectivity index (χ3n) is 2.32. The highest BCUT2D eigenvalue weighted by molar-refractivity contribution is 8.14. The van der Waals surface area contributed by atoms with E-state index in [1.54, 1.807) is 0 Å². The van der Waals surface area contributed by atoms with Gasteiger partial charge in [-0.3, -0.25) is 4.99 Å². The summed E-state index contributed by atoms with van der Waals surface area (Å²) in [6.07, 6.45) is 0. The summed E-state index contributed by atoms with van der Waals surface area (Å²) in [7, 11) is 0. The SMILES string of the molecule is CCN(CC)C1=N[C@H](C)[C@@H](C)S1. The van der Waals surface area contributed by atoms with Crippen LogP contribution in [0.5, 0.6) is 0 Å². The first-order valence-corrected chi connectivity index (χ1v) is 5.56. The molecule has 12 heavy (non-hydrogen) atoms. The van der Waals surface area contributed by atoms with Gasteiger partial charge >= 0.3 is 0 Å². The van der Waals surface area contributed by atoms with E-state index in [2.05, 4.69) is 37.6 Å². The number of amidine groups is 1. The summed E-state index contributed by atoms with van der Waals surface area (Å²) in [6.45, 7) is 10.9. The Bertz CT molecular complexity index is 175. The Kier molecular flexibility index (Phi) is 3.44. The van der Waals surface area contributed by atoms with Gasteiger partial charge in [-0.15, -0.1) is 0 Å². The molecule has 0 aromatic carbocycles. The highest BCUT2D eigenvalue weighted by atomic mass is 32.2. The highest BCUT2D eigenvalue weighted by Gasteiger charge is 2.24. The summed E-state index contributed by atoms with van der Waals surface area (Å²) in [4.78, 5) is 6.94. The molecular weight excluding hydrogens is 168 g/mol. The number of thioether (sulfide) groups is 1. The first-order valence-electron chi connectivity index (χ1n) is 4.68. The maximum absolute atomic E-state index is 4.62. The molecule has 1 rings (SSSR count). The minimum atomic E-state index is 0.491. The maximum atomic E-state index is 4.62. The zero-order valence-electron chi connectivity index (χ0n) is 8.37. The number of hydrogen-bond acceptors (Lipinski definition) is 3. The second-order valence-electron chi connectivity index (χ2n) is 3.15. The fraction of sp³-hybridized carbons (Fsp3) is 0.889. The van der Waals surface area contributed by atoms with Crippen LogP contribution in [0.2, 0.25) is 0 Å². The standard InChI is InChI=1S/C9H18N2S/c1-5-11(6-2)9-10-7(3)8(4)12-9/h7-8H,5-6H2,1-4H3/t7-,8-/m1/s1. The van der Waals surface area contributed by atoms with Crippen molar-refractivity contribution < 1.29 is 0 Å². The van der Waals surface area contributed by atoms with E-state index in [4.69, 9.17) is 0 Å². The smallest absolute Gasteiger partial charge is 0.159 e. The van der Waals surface area contributed by atoms with Crippen molar-refractivity contribution in [2.75, 3.05) is 13.1 Å². The summed E-state index contributed by atoms with van der Waals surface area (Å²) in [5.74, 6) is 0. The Morgan fingerprint density at radius 1 is 1.33 bits per heavy atom. The lowest BCUT2D eigenvalue weighted by Crippen LogP contribution is -2.27. The van der Waals surface area contributed by atoms with Gasteiger partial charge in [0.05, 0.1) is 6.04 Å². The van der Waals surface area contributed by atoms with Crippen molar-refractivity contribution in [2.24, 2.45) is 4.99 Å². The average molecular weight is 186 g/mol. The van der Waals surface area contributed by atoms with Gasteiger partial charge in [-0.1, -0.05) is 18.7 Å². The fourth-order valence-electron chi connectivity index (χ4n) is 1.22. The van der Waals surface area contributed by atoms with Crippen LogP contribution in [0.3, 0.4) is 0 Å². The van der Waals surface area contributed by atoms with Crippen LogP contribution in [-0.4, -0.2) is 34.4 Å². The molecule has 0 spiro atoms. The number of hydrogen-bond donors (Lipinski definition) is 0. The van der Waals surface area contributed by atoms with Crippen LogP contribution in [0, 0.1) is 0 Å². The maximum Gasteiger partial charge on any atom is 0.159 e. The predicted octanol–water partition coefficient (Wildman–Crippen LogP) is 2.21. The largest absolute Gasteiger partial charge is 0.352 e. The molecule has 0 aromatic heterocycles. The minimum Gasteiger partial charge on any atom is -0.352 e. The Balaban J connectivity index is 2.58. The van der Waals surface area contributed by atoms with E-state index in [9.17, 15) is 0 Å². The molecule has 1 heterocycles. The molecule has 70 valence electrons. The molecule has 1 aliphatic heterocycles. The molecule has 1 aliphatic rings. The van der Waals surface area contributed by atoms with Crippen LogP contribution < -0.4 is 0 Å². The molecule has 3 heteroatoms. The van der Waals surface area contributed by atoms with Gasteiger partial charge in [-0.05, 0) is 20.8 Å². The molecule has 0 unspecified atom stereocenters. The minimum absolute atomic E-state index is 0.491. The van der Waals surface area contributed by atoms with E-state index >= 15 is 0 Å². The second kappa shape index (κ2) is 4.17. The van der Waals surface area contributed by atoms with Crippen molar-refractivity contribution in [1.82, 2.24) is 4.90 Å². The Morgan fingerprint density at radius 3 is 2.25 bits per heavy atom. The average Bonchev–Trinajstić information content (AvgIpc) is 2.35. The highest BCUT2D eigenvalue weighted by Crippen LogP contribution is 2.27. The van der Waals surface area contributed by atoms with Crippen LogP contribution in [-0.2, 0) is 0 Å². The van der Waals surface area contributed by atoms with Gasteiger partial charge in [0.25, 0.3) is 0 Å². The molecule has 2 atom stereocenters. The summed E-state index contributed by atoms with van der Waals surface area (Å²) in [5.41, 5.74) is 0. The molecular formula is C9H18N2S. The molecule has 0 aromatic rings. The topological polar surface area (TPSA) is 15.6 Å². The lowest BCUT2D eigenvalue weighted by Gasteiger charge is -2.19. The van der Waals surface area contributed by atoms with Crippen LogP contribution >= 0.6 is 11.8 Å². The number of nitrogens with zero attached hydrogens (tertiary/aromatic N) is 2. The zero-order valence-corrected chi connectivity index (χ0v) is 9.19. The normalized spacial score (nSPS) is 28.8. The monoisotopic (exact) mass is 186 g/mol. The molecule has 0 fully saturated rings. The van der Waals surface area contributed by atoms with E-state index in [1.807, 2.05) is 11.8 Å². The third kappa shape index (κ3) is 1.94. The lowest BCUT2D eigenvalue weighted by atomic mass is 10.3. The van der Waals surface area contributed by atoms with Crippen LogP contribution in [0.25, 0.3) is 0 Å².